The van der Waals surface area contributed by atoms with E-state index in [9.17, 15) is 9.18 Å². The van der Waals surface area contributed by atoms with E-state index in [1.165, 1.54) is 12.1 Å². The molecule has 2 aromatic carbocycles. The minimum Gasteiger partial charge on any atom is -0.493 e. The summed E-state index contributed by atoms with van der Waals surface area (Å²) in [5.41, 5.74) is 1.98. The highest BCUT2D eigenvalue weighted by Gasteiger charge is 2.09. The fourth-order valence-electron chi connectivity index (χ4n) is 2.54. The van der Waals surface area contributed by atoms with Crippen molar-refractivity contribution in [1.82, 2.24) is 10.2 Å². The quantitative estimate of drug-likeness (QED) is 0.747. The SMILES string of the molecule is COc1ccc(CCN(C)CC(=O)NCc2ccc(F)cc2)cc1OC. The van der Waals surface area contributed by atoms with Gasteiger partial charge < -0.3 is 14.8 Å². The molecular weight excluding hydrogens is 335 g/mol. The number of likely N-dealkylation sites (N-methyl/N-ethyl adjacent to an activating group) is 1. The number of carbonyl (C=O) groups is 1. The Bertz CT molecular complexity index is 719. The second kappa shape index (κ2) is 9.77. The summed E-state index contributed by atoms with van der Waals surface area (Å²) >= 11 is 0. The Hall–Kier alpha value is -2.60. The van der Waals surface area contributed by atoms with E-state index in [-0.39, 0.29) is 11.7 Å². The van der Waals surface area contributed by atoms with Crippen molar-refractivity contribution in [3.63, 3.8) is 0 Å². The predicted octanol–water partition coefficient (Wildman–Crippen LogP) is 2.63. The third-order valence-electron chi connectivity index (χ3n) is 4.05. The molecule has 5 nitrogen and oxygen atoms in total. The van der Waals surface area contributed by atoms with E-state index in [0.717, 1.165) is 24.1 Å². The third kappa shape index (κ3) is 6.04. The standard InChI is InChI=1S/C20H25FN2O3/c1-23(11-10-15-6-9-18(25-2)19(12-15)26-3)14-20(24)22-13-16-4-7-17(21)8-5-16/h4-9,12H,10-11,13-14H2,1-3H3,(H,22,24). The third-order valence-corrected chi connectivity index (χ3v) is 4.05. The van der Waals surface area contributed by atoms with Gasteiger partial charge in [0.15, 0.2) is 11.5 Å². The number of rotatable bonds is 9. The maximum Gasteiger partial charge on any atom is 0.234 e. The second-order valence-electron chi connectivity index (χ2n) is 6.08. The molecule has 0 aromatic heterocycles. The molecule has 0 aliphatic carbocycles. The van der Waals surface area contributed by atoms with Gasteiger partial charge in [-0.2, -0.15) is 0 Å². The highest BCUT2D eigenvalue weighted by atomic mass is 19.1. The van der Waals surface area contributed by atoms with Crippen molar-refractivity contribution in [2.24, 2.45) is 0 Å². The number of benzene rings is 2. The van der Waals surface area contributed by atoms with Gasteiger partial charge in [-0.25, -0.2) is 4.39 Å². The molecule has 0 spiro atoms. The van der Waals surface area contributed by atoms with E-state index < -0.39 is 0 Å². The maximum atomic E-state index is 12.9. The Morgan fingerprint density at radius 2 is 1.69 bits per heavy atom. The number of nitrogens with zero attached hydrogens (tertiary/aromatic N) is 1. The summed E-state index contributed by atoms with van der Waals surface area (Å²) in [6.45, 7) is 1.43. The zero-order valence-electron chi connectivity index (χ0n) is 15.4. The Morgan fingerprint density at radius 1 is 1.04 bits per heavy atom. The number of ether oxygens (including phenoxy) is 2. The van der Waals surface area contributed by atoms with Crippen molar-refractivity contribution in [3.8, 4) is 11.5 Å². The molecule has 0 fully saturated rings. The highest BCUT2D eigenvalue weighted by molar-refractivity contribution is 5.77. The molecule has 1 amide bonds. The molecule has 0 radical (unpaired) electrons. The van der Waals surface area contributed by atoms with Crippen LogP contribution in [0, 0.1) is 5.82 Å². The number of halogens is 1. The van der Waals surface area contributed by atoms with Crippen molar-refractivity contribution in [3.05, 3.63) is 59.4 Å². The van der Waals surface area contributed by atoms with Crippen LogP contribution in [0.2, 0.25) is 0 Å². The molecule has 0 saturated carbocycles. The van der Waals surface area contributed by atoms with E-state index in [2.05, 4.69) is 5.32 Å². The molecule has 0 heterocycles. The lowest BCUT2D eigenvalue weighted by Crippen LogP contribution is -2.35. The van der Waals surface area contributed by atoms with Crippen LogP contribution in [-0.4, -0.2) is 45.2 Å². The molecule has 2 aromatic rings. The van der Waals surface area contributed by atoms with Gasteiger partial charge in [0.05, 0.1) is 20.8 Å². The normalized spacial score (nSPS) is 10.7. The first kappa shape index (κ1) is 19.7. The summed E-state index contributed by atoms with van der Waals surface area (Å²) in [4.78, 5) is 14.0. The zero-order chi connectivity index (χ0) is 18.9. The minimum atomic E-state index is -0.282. The van der Waals surface area contributed by atoms with Crippen LogP contribution in [0.1, 0.15) is 11.1 Å². The number of hydrogen-bond donors (Lipinski definition) is 1. The van der Waals surface area contributed by atoms with Gasteiger partial charge in [-0.1, -0.05) is 18.2 Å². The summed E-state index contributed by atoms with van der Waals surface area (Å²) in [6, 6.07) is 11.9. The average Bonchev–Trinajstić information content (AvgIpc) is 2.65. The minimum absolute atomic E-state index is 0.0656. The molecule has 0 unspecified atom stereocenters. The van der Waals surface area contributed by atoms with Crippen LogP contribution in [0.15, 0.2) is 42.5 Å². The van der Waals surface area contributed by atoms with Crippen LogP contribution in [0.5, 0.6) is 11.5 Å². The van der Waals surface area contributed by atoms with Gasteiger partial charge >= 0.3 is 0 Å². The number of amides is 1. The molecule has 0 aliphatic rings. The van der Waals surface area contributed by atoms with Crippen LogP contribution >= 0.6 is 0 Å². The van der Waals surface area contributed by atoms with Crippen LogP contribution in [0.4, 0.5) is 4.39 Å². The highest BCUT2D eigenvalue weighted by Crippen LogP contribution is 2.27. The Morgan fingerprint density at radius 3 is 2.35 bits per heavy atom. The number of methoxy groups -OCH3 is 2. The number of nitrogens with one attached hydrogen (secondary N) is 1. The second-order valence-corrected chi connectivity index (χ2v) is 6.08. The zero-order valence-corrected chi connectivity index (χ0v) is 15.4. The monoisotopic (exact) mass is 360 g/mol. The fraction of sp³-hybridized carbons (Fsp3) is 0.350. The summed E-state index contributed by atoms with van der Waals surface area (Å²) in [6.07, 6.45) is 0.794. The van der Waals surface area contributed by atoms with Gasteiger partial charge in [0.1, 0.15) is 5.82 Å². The van der Waals surface area contributed by atoms with E-state index in [1.54, 1.807) is 26.4 Å². The summed E-state index contributed by atoms with van der Waals surface area (Å²) in [5.74, 6) is 1.05. The van der Waals surface area contributed by atoms with Gasteiger partial charge in [0, 0.05) is 13.1 Å². The lowest BCUT2D eigenvalue weighted by Gasteiger charge is -2.17. The van der Waals surface area contributed by atoms with Gasteiger partial charge in [-0.05, 0) is 48.9 Å². The smallest absolute Gasteiger partial charge is 0.234 e. The summed E-state index contributed by atoms with van der Waals surface area (Å²) < 4.78 is 23.4. The lowest BCUT2D eigenvalue weighted by atomic mass is 10.1. The van der Waals surface area contributed by atoms with Crippen molar-refractivity contribution >= 4 is 5.91 Å². The van der Waals surface area contributed by atoms with Crippen molar-refractivity contribution in [1.29, 1.82) is 0 Å². The summed E-state index contributed by atoms with van der Waals surface area (Å²) in [7, 11) is 5.12. The average molecular weight is 360 g/mol. The molecular formula is C20H25FN2O3. The molecule has 1 N–H and O–H groups in total. The first-order valence-electron chi connectivity index (χ1n) is 8.42. The van der Waals surface area contributed by atoms with Crippen molar-refractivity contribution < 1.29 is 18.7 Å². The lowest BCUT2D eigenvalue weighted by molar-refractivity contribution is -0.122. The van der Waals surface area contributed by atoms with E-state index in [4.69, 9.17) is 9.47 Å². The largest absolute Gasteiger partial charge is 0.493 e. The van der Waals surface area contributed by atoms with E-state index >= 15 is 0 Å². The molecule has 2 rings (SSSR count). The van der Waals surface area contributed by atoms with Crippen molar-refractivity contribution in [2.75, 3.05) is 34.4 Å². The van der Waals surface area contributed by atoms with Crippen molar-refractivity contribution in [2.45, 2.75) is 13.0 Å². The molecule has 6 heteroatoms. The number of hydrogen-bond acceptors (Lipinski definition) is 4. The van der Waals surface area contributed by atoms with Gasteiger partial charge in [-0.3, -0.25) is 9.69 Å². The molecule has 0 atom stereocenters. The predicted molar refractivity (Wildman–Crippen MR) is 99.0 cm³/mol. The van der Waals surface area contributed by atoms with Gasteiger partial charge in [0.2, 0.25) is 5.91 Å². The van der Waals surface area contributed by atoms with Crippen LogP contribution in [-0.2, 0) is 17.8 Å². The Balaban J connectivity index is 1.76. The van der Waals surface area contributed by atoms with Crippen LogP contribution in [0.25, 0.3) is 0 Å². The molecule has 0 aliphatic heterocycles. The van der Waals surface area contributed by atoms with Crippen LogP contribution < -0.4 is 14.8 Å². The van der Waals surface area contributed by atoms with Crippen LogP contribution in [0.3, 0.4) is 0 Å². The summed E-state index contributed by atoms with van der Waals surface area (Å²) in [5, 5.41) is 2.84. The first-order chi connectivity index (χ1) is 12.5. The first-order valence-corrected chi connectivity index (χ1v) is 8.42. The van der Waals surface area contributed by atoms with E-state index in [0.29, 0.717) is 24.6 Å². The molecule has 0 saturated heterocycles. The Kier molecular flexibility index (Phi) is 7.41. The fourth-order valence-corrected chi connectivity index (χ4v) is 2.54. The number of carbonyl (C=O) groups excluding carboxylic acids is 1. The maximum absolute atomic E-state index is 12.9. The Labute approximate surface area is 153 Å². The van der Waals surface area contributed by atoms with Gasteiger partial charge in [0.25, 0.3) is 0 Å². The molecule has 0 bridgehead atoms. The van der Waals surface area contributed by atoms with E-state index in [1.807, 2.05) is 30.1 Å². The van der Waals surface area contributed by atoms with Gasteiger partial charge in [-0.15, -0.1) is 0 Å². The molecule has 140 valence electrons. The topological polar surface area (TPSA) is 50.8 Å². The molecule has 26 heavy (non-hydrogen) atoms.